The number of nitrogens with zero attached hydrogens (tertiary/aromatic N) is 2. The maximum absolute atomic E-state index is 11.9. The van der Waals surface area contributed by atoms with E-state index in [0.717, 1.165) is 32.1 Å². The highest BCUT2D eigenvalue weighted by atomic mass is 16.2. The third-order valence-electron chi connectivity index (χ3n) is 5.03. The molecule has 2 heterocycles. The molecule has 6 nitrogen and oxygen atoms in total. The summed E-state index contributed by atoms with van der Waals surface area (Å²) in [6.45, 7) is 3.73. The van der Waals surface area contributed by atoms with E-state index in [0.29, 0.717) is 17.8 Å². The number of amides is 4. The van der Waals surface area contributed by atoms with Crippen LogP contribution in [0.25, 0.3) is 0 Å². The second-order valence-corrected chi connectivity index (χ2v) is 7.11. The number of rotatable bonds is 4. The van der Waals surface area contributed by atoms with E-state index in [2.05, 4.69) is 0 Å². The summed E-state index contributed by atoms with van der Waals surface area (Å²) in [5.41, 5.74) is 4.89. The molecule has 0 saturated carbocycles. The van der Waals surface area contributed by atoms with Crippen molar-refractivity contribution in [3.8, 4) is 0 Å². The van der Waals surface area contributed by atoms with E-state index in [9.17, 15) is 19.2 Å². The van der Waals surface area contributed by atoms with Crippen LogP contribution in [0.15, 0.2) is 60.7 Å². The van der Waals surface area contributed by atoms with Crippen molar-refractivity contribution in [1.82, 2.24) is 0 Å². The molecule has 144 valence electrons. The van der Waals surface area contributed by atoms with Gasteiger partial charge < -0.3 is 0 Å². The maximum atomic E-state index is 11.9. The molecule has 0 aromatic heterocycles. The van der Waals surface area contributed by atoms with E-state index in [1.807, 2.05) is 38.1 Å². The summed E-state index contributed by atoms with van der Waals surface area (Å²) in [5, 5.41) is 0. The Bertz CT molecular complexity index is 1020. The summed E-state index contributed by atoms with van der Waals surface area (Å²) in [6, 6.07) is 11.2. The molecule has 0 N–H and O–H groups in total. The molecule has 0 aliphatic carbocycles. The molecule has 0 radical (unpaired) electrons. The molecular formula is C23H18N2O4. The molecule has 4 amide bonds. The minimum atomic E-state index is -0.336. The molecule has 2 aromatic rings. The summed E-state index contributed by atoms with van der Waals surface area (Å²) in [6.07, 6.45) is 5.72. The predicted molar refractivity (Wildman–Crippen MR) is 108 cm³/mol. The van der Waals surface area contributed by atoms with Gasteiger partial charge in [0, 0.05) is 24.3 Å². The number of hydrogen-bond acceptors (Lipinski definition) is 4. The maximum Gasteiger partial charge on any atom is 0.258 e. The normalized spacial score (nSPS) is 15.9. The van der Waals surface area contributed by atoms with Crippen LogP contribution in [0, 0.1) is 13.8 Å². The number of benzene rings is 2. The molecule has 0 spiro atoms. The highest BCUT2D eigenvalue weighted by Gasteiger charge is 2.27. The van der Waals surface area contributed by atoms with Crippen LogP contribution in [0.5, 0.6) is 0 Å². The predicted octanol–water partition coefficient (Wildman–Crippen LogP) is 2.75. The minimum Gasteiger partial charge on any atom is -0.269 e. The van der Waals surface area contributed by atoms with Gasteiger partial charge in [0.2, 0.25) is 0 Å². The van der Waals surface area contributed by atoms with Gasteiger partial charge in [-0.1, -0.05) is 24.3 Å². The quantitative estimate of drug-likeness (QED) is 0.758. The average Bonchev–Trinajstić information content (AvgIpc) is 3.18. The molecule has 0 fully saturated rings. The zero-order valence-corrected chi connectivity index (χ0v) is 16.0. The van der Waals surface area contributed by atoms with E-state index in [4.69, 9.17) is 0 Å². The van der Waals surface area contributed by atoms with Gasteiger partial charge in [-0.2, -0.15) is 0 Å². The van der Waals surface area contributed by atoms with Crippen molar-refractivity contribution < 1.29 is 19.2 Å². The number of carbonyl (C=O) groups excluding carboxylic acids is 4. The lowest BCUT2D eigenvalue weighted by Crippen LogP contribution is -2.30. The number of hydrogen-bond donors (Lipinski definition) is 0. The van der Waals surface area contributed by atoms with Crippen LogP contribution in [0.4, 0.5) is 11.4 Å². The highest BCUT2D eigenvalue weighted by molar-refractivity contribution is 6.29. The Labute approximate surface area is 167 Å². The number of imide groups is 2. The summed E-state index contributed by atoms with van der Waals surface area (Å²) in [5.74, 6) is -1.34. The van der Waals surface area contributed by atoms with Gasteiger partial charge in [0.25, 0.3) is 23.6 Å². The second-order valence-electron chi connectivity index (χ2n) is 7.11. The van der Waals surface area contributed by atoms with Gasteiger partial charge in [-0.25, -0.2) is 9.80 Å². The number of anilines is 2. The van der Waals surface area contributed by atoms with Crippen LogP contribution < -0.4 is 9.80 Å². The van der Waals surface area contributed by atoms with Gasteiger partial charge in [-0.15, -0.1) is 0 Å². The fraction of sp³-hybridized carbons (Fsp3) is 0.130. The molecule has 0 atom stereocenters. The molecule has 0 bridgehead atoms. The van der Waals surface area contributed by atoms with E-state index < -0.39 is 0 Å². The van der Waals surface area contributed by atoms with Crippen molar-refractivity contribution in [2.45, 2.75) is 20.3 Å². The molecular weight excluding hydrogens is 368 g/mol. The lowest BCUT2D eigenvalue weighted by Gasteiger charge is -2.18. The van der Waals surface area contributed by atoms with E-state index >= 15 is 0 Å². The minimum absolute atomic E-state index is 0.336. The zero-order valence-electron chi connectivity index (χ0n) is 16.0. The largest absolute Gasteiger partial charge is 0.269 e. The Hall–Kier alpha value is -3.80. The van der Waals surface area contributed by atoms with Crippen molar-refractivity contribution in [2.24, 2.45) is 0 Å². The standard InChI is InChI=1S/C23H18N2O4/c1-14-11-16(3-5-18(14)24-20(26)7-8-21(24)27)13-17-4-6-19(15(2)12-17)25-22(28)9-10-23(25)29/h3-12H,13H2,1-2H3. The SMILES string of the molecule is Cc1cc(Cc2ccc(N3C(=O)C=CC3=O)c(C)c2)ccc1N1C(=O)C=CC1=O. The Morgan fingerprint density at radius 3 is 1.24 bits per heavy atom. The summed E-state index contributed by atoms with van der Waals surface area (Å²) in [4.78, 5) is 49.9. The Morgan fingerprint density at radius 1 is 0.586 bits per heavy atom. The van der Waals surface area contributed by atoms with Gasteiger partial charge in [0.1, 0.15) is 0 Å². The van der Waals surface area contributed by atoms with Crippen LogP contribution in [0.2, 0.25) is 0 Å². The van der Waals surface area contributed by atoms with Gasteiger partial charge >= 0.3 is 0 Å². The van der Waals surface area contributed by atoms with Crippen LogP contribution in [-0.2, 0) is 25.6 Å². The van der Waals surface area contributed by atoms with Crippen LogP contribution in [0.3, 0.4) is 0 Å². The van der Waals surface area contributed by atoms with E-state index in [1.165, 1.54) is 24.3 Å². The summed E-state index contributed by atoms with van der Waals surface area (Å²) >= 11 is 0. The van der Waals surface area contributed by atoms with Gasteiger partial charge in [0.05, 0.1) is 11.4 Å². The molecule has 6 heteroatoms. The second kappa shape index (κ2) is 6.98. The van der Waals surface area contributed by atoms with Crippen LogP contribution in [-0.4, -0.2) is 23.6 Å². The van der Waals surface area contributed by atoms with Gasteiger partial charge in [0.15, 0.2) is 0 Å². The first-order chi connectivity index (χ1) is 13.8. The van der Waals surface area contributed by atoms with Crippen molar-refractivity contribution in [3.05, 3.63) is 83.0 Å². The van der Waals surface area contributed by atoms with Crippen molar-refractivity contribution in [2.75, 3.05) is 9.80 Å². The Morgan fingerprint density at radius 2 is 0.931 bits per heavy atom. The van der Waals surface area contributed by atoms with Crippen molar-refractivity contribution >= 4 is 35.0 Å². The van der Waals surface area contributed by atoms with Crippen molar-refractivity contribution in [3.63, 3.8) is 0 Å². The molecule has 4 rings (SSSR count). The molecule has 2 aliphatic rings. The topological polar surface area (TPSA) is 74.8 Å². The fourth-order valence-corrected chi connectivity index (χ4v) is 3.67. The van der Waals surface area contributed by atoms with E-state index in [-0.39, 0.29) is 23.6 Å². The van der Waals surface area contributed by atoms with Gasteiger partial charge in [-0.3, -0.25) is 19.2 Å². The molecule has 0 saturated heterocycles. The fourth-order valence-electron chi connectivity index (χ4n) is 3.67. The van der Waals surface area contributed by atoms with Gasteiger partial charge in [-0.05, 0) is 54.7 Å². The van der Waals surface area contributed by atoms with Crippen LogP contribution in [0.1, 0.15) is 22.3 Å². The molecule has 2 aromatic carbocycles. The lowest BCUT2D eigenvalue weighted by molar-refractivity contribution is -0.121. The van der Waals surface area contributed by atoms with E-state index in [1.54, 1.807) is 12.1 Å². The number of carbonyl (C=O) groups is 4. The molecule has 2 aliphatic heterocycles. The first kappa shape index (κ1) is 18.6. The Balaban J connectivity index is 1.55. The molecule has 0 unspecified atom stereocenters. The summed E-state index contributed by atoms with van der Waals surface area (Å²) in [7, 11) is 0. The highest BCUT2D eigenvalue weighted by Crippen LogP contribution is 2.28. The zero-order chi connectivity index (χ0) is 20.7. The summed E-state index contributed by atoms with van der Waals surface area (Å²) < 4.78 is 0. The van der Waals surface area contributed by atoms with Crippen molar-refractivity contribution in [1.29, 1.82) is 0 Å². The monoisotopic (exact) mass is 386 g/mol. The third kappa shape index (κ3) is 3.29. The van der Waals surface area contributed by atoms with Crippen LogP contribution >= 0.6 is 0 Å². The third-order valence-corrected chi connectivity index (χ3v) is 5.03. The smallest absolute Gasteiger partial charge is 0.258 e. The Kier molecular flexibility index (Phi) is 4.47. The molecule has 29 heavy (non-hydrogen) atoms. The lowest BCUT2D eigenvalue weighted by atomic mass is 9.99. The number of aryl methyl sites for hydroxylation is 2. The first-order valence-electron chi connectivity index (χ1n) is 9.16. The average molecular weight is 386 g/mol. The first-order valence-corrected chi connectivity index (χ1v) is 9.16.